The number of carbonyl (C=O) groups excluding carboxylic acids is 1. The third-order valence-corrected chi connectivity index (χ3v) is 4.02. The van der Waals surface area contributed by atoms with E-state index in [1.165, 1.54) is 0 Å². The van der Waals surface area contributed by atoms with E-state index in [2.05, 4.69) is 15.9 Å². The van der Waals surface area contributed by atoms with Gasteiger partial charge in [-0.1, -0.05) is 15.9 Å². The van der Waals surface area contributed by atoms with Gasteiger partial charge in [0, 0.05) is 28.7 Å². The van der Waals surface area contributed by atoms with Crippen molar-refractivity contribution in [1.82, 2.24) is 0 Å². The second kappa shape index (κ2) is 4.18. The van der Waals surface area contributed by atoms with Crippen molar-refractivity contribution in [1.29, 1.82) is 0 Å². The van der Waals surface area contributed by atoms with Crippen molar-refractivity contribution in [3.05, 3.63) is 28.2 Å². The lowest BCUT2D eigenvalue weighted by atomic mass is 10.1. The number of rotatable bonds is 1. The highest BCUT2D eigenvalue weighted by atomic mass is 79.9. The van der Waals surface area contributed by atoms with Crippen LogP contribution in [0.2, 0.25) is 0 Å². The molecule has 0 aromatic heterocycles. The van der Waals surface area contributed by atoms with Crippen molar-refractivity contribution in [2.24, 2.45) is 5.73 Å². The normalized spacial score (nSPS) is 25.2. The molecule has 16 heavy (non-hydrogen) atoms. The second-order valence-electron chi connectivity index (χ2n) is 4.31. The Hall–Kier alpha value is -0.870. The molecule has 1 saturated heterocycles. The molecule has 1 fully saturated rings. The maximum Gasteiger partial charge on any atom is 0.228 e. The molecule has 0 saturated carbocycles. The average Bonchev–Trinajstić information content (AvgIpc) is 2.47. The fourth-order valence-electron chi connectivity index (χ4n) is 2.05. The molecule has 2 atom stereocenters. The summed E-state index contributed by atoms with van der Waals surface area (Å²) in [6, 6.07) is 5.94. The van der Waals surface area contributed by atoms with E-state index in [9.17, 15) is 4.79 Å². The van der Waals surface area contributed by atoms with Gasteiger partial charge in [0.15, 0.2) is 0 Å². The third-order valence-electron chi connectivity index (χ3n) is 3.13. The number of anilines is 1. The van der Waals surface area contributed by atoms with E-state index in [1.807, 2.05) is 32.0 Å². The summed E-state index contributed by atoms with van der Waals surface area (Å²) in [7, 11) is 0. The van der Waals surface area contributed by atoms with Gasteiger partial charge in [-0.3, -0.25) is 4.79 Å². The summed E-state index contributed by atoms with van der Waals surface area (Å²) in [5.74, 6) is 0.113. The fourth-order valence-corrected chi connectivity index (χ4v) is 2.29. The first kappa shape index (κ1) is 11.6. The van der Waals surface area contributed by atoms with Gasteiger partial charge in [-0.05, 0) is 37.6 Å². The monoisotopic (exact) mass is 282 g/mol. The topological polar surface area (TPSA) is 46.3 Å². The van der Waals surface area contributed by atoms with E-state index >= 15 is 0 Å². The Balaban J connectivity index is 2.37. The molecular formula is C12H15BrN2O. The standard InChI is InChI=1S/C12H15BrN2O/c1-7-5-9(3-4-10(7)13)15-8(2)11(14)6-12(15)16/h3-5,8,11H,6,14H2,1-2H3. The van der Waals surface area contributed by atoms with Gasteiger partial charge in [0.1, 0.15) is 0 Å². The Morgan fingerprint density at radius 3 is 2.69 bits per heavy atom. The van der Waals surface area contributed by atoms with Crippen LogP contribution in [0.1, 0.15) is 18.9 Å². The number of hydrogen-bond acceptors (Lipinski definition) is 2. The Bertz CT molecular complexity index is 433. The summed E-state index contributed by atoms with van der Waals surface area (Å²) in [5.41, 5.74) is 7.95. The molecule has 0 bridgehead atoms. The van der Waals surface area contributed by atoms with Crippen LogP contribution >= 0.6 is 15.9 Å². The molecule has 4 heteroatoms. The number of hydrogen-bond donors (Lipinski definition) is 1. The van der Waals surface area contributed by atoms with Crippen molar-refractivity contribution in [2.75, 3.05) is 4.90 Å². The summed E-state index contributed by atoms with van der Waals surface area (Å²) in [6.45, 7) is 4.01. The highest BCUT2D eigenvalue weighted by molar-refractivity contribution is 9.10. The Kier molecular flexibility index (Phi) is 3.04. The van der Waals surface area contributed by atoms with Crippen LogP contribution in [0.3, 0.4) is 0 Å². The van der Waals surface area contributed by atoms with Gasteiger partial charge < -0.3 is 10.6 Å². The lowest BCUT2D eigenvalue weighted by Gasteiger charge is -2.23. The van der Waals surface area contributed by atoms with Crippen molar-refractivity contribution in [3.8, 4) is 0 Å². The minimum Gasteiger partial charge on any atom is -0.325 e. The quantitative estimate of drug-likeness (QED) is 0.859. The molecular weight excluding hydrogens is 268 g/mol. The summed E-state index contributed by atoms with van der Waals surface area (Å²) in [4.78, 5) is 13.6. The van der Waals surface area contributed by atoms with E-state index in [-0.39, 0.29) is 18.0 Å². The first-order valence-electron chi connectivity index (χ1n) is 5.34. The second-order valence-corrected chi connectivity index (χ2v) is 5.16. The summed E-state index contributed by atoms with van der Waals surface area (Å²) in [5, 5.41) is 0. The van der Waals surface area contributed by atoms with Crippen LogP contribution in [0, 0.1) is 6.92 Å². The molecule has 1 heterocycles. The van der Waals surface area contributed by atoms with Crippen molar-refractivity contribution in [2.45, 2.75) is 32.4 Å². The minimum atomic E-state index is -0.0588. The highest BCUT2D eigenvalue weighted by Gasteiger charge is 2.35. The highest BCUT2D eigenvalue weighted by Crippen LogP contribution is 2.29. The number of carbonyl (C=O) groups is 1. The van der Waals surface area contributed by atoms with Crippen molar-refractivity contribution >= 4 is 27.5 Å². The first-order chi connectivity index (χ1) is 7.50. The predicted molar refractivity (Wildman–Crippen MR) is 68.4 cm³/mol. The van der Waals surface area contributed by atoms with Gasteiger partial charge in [-0.2, -0.15) is 0 Å². The number of halogens is 1. The van der Waals surface area contributed by atoms with Crippen LogP contribution in [-0.4, -0.2) is 18.0 Å². The molecule has 2 unspecified atom stereocenters. The van der Waals surface area contributed by atoms with Gasteiger partial charge in [-0.15, -0.1) is 0 Å². The van der Waals surface area contributed by atoms with Gasteiger partial charge in [0.25, 0.3) is 0 Å². The Labute approximate surface area is 104 Å². The summed E-state index contributed by atoms with van der Waals surface area (Å²) in [6.07, 6.45) is 0.441. The SMILES string of the molecule is Cc1cc(N2C(=O)CC(N)C2C)ccc1Br. The molecule has 0 aliphatic carbocycles. The van der Waals surface area contributed by atoms with Gasteiger partial charge in [0.2, 0.25) is 5.91 Å². The van der Waals surface area contributed by atoms with Crippen LogP contribution in [0.5, 0.6) is 0 Å². The largest absolute Gasteiger partial charge is 0.325 e. The van der Waals surface area contributed by atoms with Gasteiger partial charge in [0.05, 0.1) is 0 Å². The minimum absolute atomic E-state index is 0.0588. The first-order valence-corrected chi connectivity index (χ1v) is 6.14. The predicted octanol–water partition coefficient (Wildman–Crippen LogP) is 2.21. The van der Waals surface area contributed by atoms with Crippen molar-refractivity contribution in [3.63, 3.8) is 0 Å². The van der Waals surface area contributed by atoms with Crippen molar-refractivity contribution < 1.29 is 4.79 Å². The molecule has 0 spiro atoms. The van der Waals surface area contributed by atoms with E-state index in [0.29, 0.717) is 6.42 Å². The zero-order valence-electron chi connectivity index (χ0n) is 9.40. The van der Waals surface area contributed by atoms with Crippen LogP contribution in [0.4, 0.5) is 5.69 Å². The molecule has 3 nitrogen and oxygen atoms in total. The molecule has 86 valence electrons. The summed E-state index contributed by atoms with van der Waals surface area (Å²) >= 11 is 3.45. The maximum atomic E-state index is 11.8. The van der Waals surface area contributed by atoms with Crippen LogP contribution in [0.25, 0.3) is 0 Å². The lowest BCUT2D eigenvalue weighted by molar-refractivity contribution is -0.117. The molecule has 1 aromatic rings. The molecule has 1 aliphatic heterocycles. The van der Waals surface area contributed by atoms with Crippen LogP contribution < -0.4 is 10.6 Å². The molecule has 0 radical (unpaired) electrons. The number of nitrogens with zero attached hydrogens (tertiary/aromatic N) is 1. The number of nitrogens with two attached hydrogens (primary N) is 1. The molecule has 1 amide bonds. The number of benzene rings is 1. The van der Waals surface area contributed by atoms with Gasteiger partial charge >= 0.3 is 0 Å². The zero-order valence-corrected chi connectivity index (χ0v) is 11.0. The lowest BCUT2D eigenvalue weighted by Crippen LogP contribution is -2.37. The van der Waals surface area contributed by atoms with E-state index in [4.69, 9.17) is 5.73 Å². The molecule has 1 aromatic carbocycles. The molecule has 2 rings (SSSR count). The summed E-state index contributed by atoms with van der Waals surface area (Å²) < 4.78 is 1.06. The smallest absolute Gasteiger partial charge is 0.228 e. The average molecular weight is 283 g/mol. The van der Waals surface area contributed by atoms with Crippen LogP contribution in [0.15, 0.2) is 22.7 Å². The van der Waals surface area contributed by atoms with E-state index in [0.717, 1.165) is 15.7 Å². The Morgan fingerprint density at radius 1 is 1.50 bits per heavy atom. The third kappa shape index (κ3) is 1.87. The van der Waals surface area contributed by atoms with E-state index in [1.54, 1.807) is 4.90 Å². The van der Waals surface area contributed by atoms with E-state index < -0.39 is 0 Å². The Morgan fingerprint density at radius 2 is 2.19 bits per heavy atom. The zero-order chi connectivity index (χ0) is 11.9. The number of aryl methyl sites for hydroxylation is 1. The number of amides is 1. The molecule has 1 aliphatic rings. The molecule has 2 N–H and O–H groups in total. The maximum absolute atomic E-state index is 11.8. The van der Waals surface area contributed by atoms with Crippen LogP contribution in [-0.2, 0) is 4.79 Å². The van der Waals surface area contributed by atoms with Gasteiger partial charge in [-0.25, -0.2) is 0 Å². The fraction of sp³-hybridized carbons (Fsp3) is 0.417.